The second-order valence-electron chi connectivity index (χ2n) is 3.72. The Morgan fingerprint density at radius 3 is 2.56 bits per heavy atom. The van der Waals surface area contributed by atoms with E-state index in [4.69, 9.17) is 0 Å². The molecular formula is C12H15NO2Se. The van der Waals surface area contributed by atoms with E-state index in [1.807, 2.05) is 44.2 Å². The minimum absolute atomic E-state index is 0.172. The fourth-order valence-electron chi connectivity index (χ4n) is 1.25. The number of hydrogen-bond donors (Lipinski definition) is 0. The zero-order valence-corrected chi connectivity index (χ0v) is 11.1. The van der Waals surface area contributed by atoms with Gasteiger partial charge in [-0.15, -0.1) is 0 Å². The molecule has 0 amide bonds. The Kier molecular flexibility index (Phi) is 5.23. The first-order valence-corrected chi connectivity index (χ1v) is 7.12. The maximum absolute atomic E-state index is 10.8. The number of hydrogen-bond acceptors (Lipinski definition) is 2. The number of nitro groups is 1. The summed E-state index contributed by atoms with van der Waals surface area (Å²) >= 11 is 0.172. The van der Waals surface area contributed by atoms with Gasteiger partial charge in [0.15, 0.2) is 0 Å². The van der Waals surface area contributed by atoms with Crippen molar-refractivity contribution in [1.82, 2.24) is 0 Å². The fourth-order valence-corrected chi connectivity index (χ4v) is 3.21. The van der Waals surface area contributed by atoms with Gasteiger partial charge in [0, 0.05) is 0 Å². The van der Waals surface area contributed by atoms with Gasteiger partial charge in [-0.05, 0) is 0 Å². The van der Waals surface area contributed by atoms with Gasteiger partial charge in [0.25, 0.3) is 0 Å². The van der Waals surface area contributed by atoms with Crippen molar-refractivity contribution in [1.29, 1.82) is 0 Å². The maximum atomic E-state index is 10.8. The molecule has 0 aromatic heterocycles. The molecule has 16 heavy (non-hydrogen) atoms. The molecule has 0 fully saturated rings. The van der Waals surface area contributed by atoms with Crippen molar-refractivity contribution in [2.45, 2.75) is 25.2 Å². The number of allylic oxidation sites excluding steroid dienone is 1. The van der Waals surface area contributed by atoms with E-state index in [0.29, 0.717) is 5.32 Å². The summed E-state index contributed by atoms with van der Waals surface area (Å²) < 4.78 is 1.21. The summed E-state index contributed by atoms with van der Waals surface area (Å²) in [7, 11) is 0. The van der Waals surface area contributed by atoms with Crippen LogP contribution < -0.4 is 4.46 Å². The van der Waals surface area contributed by atoms with Gasteiger partial charge < -0.3 is 0 Å². The zero-order chi connectivity index (χ0) is 12.0. The standard InChI is InChI=1S/C12H15NO2Se/c1-10(2)8-11(13(14)15)9-16-12-6-4-3-5-7-12/h3-8,11H,9H2,1-2H3. The molecule has 3 nitrogen and oxygen atoms in total. The van der Waals surface area contributed by atoms with Crippen molar-refractivity contribution < 1.29 is 4.92 Å². The van der Waals surface area contributed by atoms with Crippen molar-refractivity contribution in [2.24, 2.45) is 0 Å². The van der Waals surface area contributed by atoms with Crippen LogP contribution in [0.25, 0.3) is 0 Å². The Morgan fingerprint density at radius 1 is 1.44 bits per heavy atom. The number of nitrogens with zero attached hydrogens (tertiary/aromatic N) is 1. The molecule has 86 valence electrons. The quantitative estimate of drug-likeness (QED) is 0.359. The van der Waals surface area contributed by atoms with Crippen LogP contribution in [-0.2, 0) is 0 Å². The summed E-state index contributed by atoms with van der Waals surface area (Å²) in [5.74, 6) is 0. The molecule has 0 saturated carbocycles. The molecule has 4 heteroatoms. The Balaban J connectivity index is 2.58. The topological polar surface area (TPSA) is 43.1 Å². The first kappa shape index (κ1) is 12.9. The van der Waals surface area contributed by atoms with Gasteiger partial charge in [-0.1, -0.05) is 0 Å². The summed E-state index contributed by atoms with van der Waals surface area (Å²) in [4.78, 5) is 10.6. The van der Waals surface area contributed by atoms with E-state index in [0.717, 1.165) is 5.57 Å². The van der Waals surface area contributed by atoms with Crippen LogP contribution in [0.4, 0.5) is 0 Å². The normalized spacial score (nSPS) is 11.9. The van der Waals surface area contributed by atoms with Crippen LogP contribution in [-0.4, -0.2) is 25.9 Å². The van der Waals surface area contributed by atoms with Crippen molar-refractivity contribution in [2.75, 3.05) is 0 Å². The van der Waals surface area contributed by atoms with E-state index >= 15 is 0 Å². The third kappa shape index (κ3) is 4.60. The van der Waals surface area contributed by atoms with Gasteiger partial charge >= 0.3 is 102 Å². The van der Waals surface area contributed by atoms with E-state index in [1.54, 1.807) is 6.08 Å². The zero-order valence-electron chi connectivity index (χ0n) is 9.42. The van der Waals surface area contributed by atoms with Gasteiger partial charge in [0.2, 0.25) is 0 Å². The molecule has 1 aromatic rings. The van der Waals surface area contributed by atoms with Gasteiger partial charge in [-0.3, -0.25) is 0 Å². The number of benzene rings is 1. The molecule has 1 atom stereocenters. The van der Waals surface area contributed by atoms with Gasteiger partial charge in [-0.2, -0.15) is 0 Å². The van der Waals surface area contributed by atoms with Crippen molar-refractivity contribution in [3.05, 3.63) is 52.1 Å². The Morgan fingerprint density at radius 2 is 2.06 bits per heavy atom. The summed E-state index contributed by atoms with van der Waals surface area (Å²) in [6.07, 6.45) is 1.74. The molecule has 1 aromatic carbocycles. The third-order valence-electron chi connectivity index (χ3n) is 1.96. The van der Waals surface area contributed by atoms with Crippen LogP contribution in [0.15, 0.2) is 42.0 Å². The monoisotopic (exact) mass is 285 g/mol. The molecule has 0 spiro atoms. The summed E-state index contributed by atoms with van der Waals surface area (Å²) in [6, 6.07) is 9.42. The molecule has 0 bridgehead atoms. The van der Waals surface area contributed by atoms with Gasteiger partial charge in [0.1, 0.15) is 0 Å². The first-order chi connectivity index (χ1) is 7.59. The van der Waals surface area contributed by atoms with E-state index < -0.39 is 6.04 Å². The van der Waals surface area contributed by atoms with E-state index in [1.165, 1.54) is 4.46 Å². The summed E-state index contributed by atoms with van der Waals surface area (Å²) in [6.45, 7) is 3.79. The average Bonchev–Trinajstić information content (AvgIpc) is 2.25. The SMILES string of the molecule is CC(C)=CC(C[Se]c1ccccc1)[N+](=O)[O-]. The Hall–Kier alpha value is -1.12. The molecule has 0 aliphatic rings. The van der Waals surface area contributed by atoms with Crippen LogP contribution in [0.5, 0.6) is 0 Å². The predicted molar refractivity (Wildman–Crippen MR) is 66.9 cm³/mol. The first-order valence-electron chi connectivity index (χ1n) is 5.06. The van der Waals surface area contributed by atoms with Crippen LogP contribution >= 0.6 is 0 Å². The van der Waals surface area contributed by atoms with Crippen molar-refractivity contribution in [3.63, 3.8) is 0 Å². The Labute approximate surface area is 102 Å². The van der Waals surface area contributed by atoms with E-state index in [-0.39, 0.29) is 19.9 Å². The van der Waals surface area contributed by atoms with Crippen LogP contribution in [0.3, 0.4) is 0 Å². The number of rotatable bonds is 5. The molecular weight excluding hydrogens is 269 g/mol. The van der Waals surface area contributed by atoms with Crippen LogP contribution in [0.2, 0.25) is 5.32 Å². The molecule has 1 unspecified atom stereocenters. The molecule has 1 rings (SSSR count). The molecule has 0 aliphatic carbocycles. The molecule has 0 aliphatic heterocycles. The van der Waals surface area contributed by atoms with E-state index in [9.17, 15) is 10.1 Å². The van der Waals surface area contributed by atoms with Gasteiger partial charge in [0.05, 0.1) is 0 Å². The Bertz CT molecular complexity index is 372. The third-order valence-corrected chi connectivity index (χ3v) is 4.30. The summed E-state index contributed by atoms with van der Waals surface area (Å²) in [5.41, 5.74) is 1.01. The van der Waals surface area contributed by atoms with Crippen LogP contribution in [0.1, 0.15) is 13.8 Å². The molecule has 0 N–H and O–H groups in total. The molecule has 0 saturated heterocycles. The minimum atomic E-state index is -0.537. The molecule has 0 radical (unpaired) electrons. The summed E-state index contributed by atoms with van der Waals surface area (Å²) in [5, 5.41) is 11.4. The van der Waals surface area contributed by atoms with Crippen LogP contribution in [0, 0.1) is 10.1 Å². The second-order valence-corrected chi connectivity index (χ2v) is 6.01. The average molecular weight is 284 g/mol. The van der Waals surface area contributed by atoms with E-state index in [2.05, 4.69) is 0 Å². The predicted octanol–water partition coefficient (Wildman–Crippen LogP) is 2.05. The fraction of sp³-hybridized carbons (Fsp3) is 0.333. The second kappa shape index (κ2) is 6.46. The van der Waals surface area contributed by atoms with Crippen molar-refractivity contribution >= 4 is 19.4 Å². The van der Waals surface area contributed by atoms with Crippen molar-refractivity contribution in [3.8, 4) is 0 Å². The molecule has 0 heterocycles. The van der Waals surface area contributed by atoms with Gasteiger partial charge in [-0.25, -0.2) is 0 Å².